The molecule has 2 heteroatoms. The molecule has 1 rings (SSSR count). The van der Waals surface area contributed by atoms with E-state index in [0.29, 0.717) is 12.1 Å². The summed E-state index contributed by atoms with van der Waals surface area (Å²) in [5.41, 5.74) is 0. The summed E-state index contributed by atoms with van der Waals surface area (Å²) in [5.74, 6) is 0. The molecule has 1 N–H and O–H groups in total. The first-order valence-electron chi connectivity index (χ1n) is 6.19. The largest absolute Gasteiger partial charge is 0.313 e. The van der Waals surface area contributed by atoms with Crippen molar-refractivity contribution in [3.63, 3.8) is 0 Å². The quantitative estimate of drug-likeness (QED) is 0.675. The fraction of sp³-hybridized carbons (Fsp3) is 1.00. The van der Waals surface area contributed by atoms with Crippen LogP contribution < -0.4 is 5.32 Å². The Morgan fingerprint density at radius 1 is 1.29 bits per heavy atom. The fourth-order valence-corrected chi connectivity index (χ4v) is 2.16. The average Bonchev–Trinajstić information content (AvgIpc) is 2.97. The lowest BCUT2D eigenvalue weighted by Crippen LogP contribution is -2.48. The van der Waals surface area contributed by atoms with Crippen LogP contribution in [0.2, 0.25) is 0 Å². The van der Waals surface area contributed by atoms with Crippen LogP contribution in [-0.2, 0) is 0 Å². The third kappa shape index (κ3) is 3.25. The highest BCUT2D eigenvalue weighted by Crippen LogP contribution is 2.29. The SMILES string of the molecule is CCCN(C1CC1)C(C)C(C)NCC. The summed E-state index contributed by atoms with van der Waals surface area (Å²) in [7, 11) is 0. The molecule has 0 bridgehead atoms. The van der Waals surface area contributed by atoms with Gasteiger partial charge in [-0.25, -0.2) is 0 Å². The lowest BCUT2D eigenvalue weighted by molar-refractivity contribution is 0.166. The molecule has 0 spiro atoms. The third-order valence-corrected chi connectivity index (χ3v) is 3.27. The summed E-state index contributed by atoms with van der Waals surface area (Å²) >= 11 is 0. The Morgan fingerprint density at radius 2 is 1.93 bits per heavy atom. The van der Waals surface area contributed by atoms with Crippen molar-refractivity contribution < 1.29 is 0 Å². The minimum absolute atomic E-state index is 0.618. The van der Waals surface area contributed by atoms with Crippen LogP contribution in [0.15, 0.2) is 0 Å². The molecule has 0 aromatic carbocycles. The van der Waals surface area contributed by atoms with Crippen molar-refractivity contribution in [2.45, 2.75) is 65.1 Å². The lowest BCUT2D eigenvalue weighted by Gasteiger charge is -2.33. The number of nitrogens with one attached hydrogen (secondary N) is 1. The molecule has 2 nitrogen and oxygen atoms in total. The molecule has 0 saturated heterocycles. The first kappa shape index (κ1) is 12.0. The molecule has 1 saturated carbocycles. The van der Waals surface area contributed by atoms with E-state index in [2.05, 4.69) is 37.9 Å². The topological polar surface area (TPSA) is 15.3 Å². The molecule has 84 valence electrons. The summed E-state index contributed by atoms with van der Waals surface area (Å²) in [6.45, 7) is 11.5. The van der Waals surface area contributed by atoms with Gasteiger partial charge in [-0.15, -0.1) is 0 Å². The van der Waals surface area contributed by atoms with E-state index in [1.165, 1.54) is 25.8 Å². The molecular formula is C12H26N2. The maximum atomic E-state index is 3.53. The average molecular weight is 198 g/mol. The van der Waals surface area contributed by atoms with Crippen LogP contribution in [0, 0.1) is 0 Å². The highest BCUT2D eigenvalue weighted by atomic mass is 15.2. The summed E-state index contributed by atoms with van der Waals surface area (Å²) in [5, 5.41) is 3.53. The smallest absolute Gasteiger partial charge is 0.0221 e. The minimum Gasteiger partial charge on any atom is -0.313 e. The maximum absolute atomic E-state index is 3.53. The van der Waals surface area contributed by atoms with Crippen LogP contribution in [-0.4, -0.2) is 36.1 Å². The molecule has 2 unspecified atom stereocenters. The molecule has 0 heterocycles. The van der Waals surface area contributed by atoms with Gasteiger partial charge in [0.15, 0.2) is 0 Å². The summed E-state index contributed by atoms with van der Waals surface area (Å²) in [6.07, 6.45) is 4.12. The summed E-state index contributed by atoms with van der Waals surface area (Å²) in [4.78, 5) is 2.69. The third-order valence-electron chi connectivity index (χ3n) is 3.27. The Bertz CT molecular complexity index is 154. The summed E-state index contributed by atoms with van der Waals surface area (Å²) in [6, 6.07) is 2.20. The van der Waals surface area contributed by atoms with Crippen LogP contribution in [0.4, 0.5) is 0 Å². The number of hydrogen-bond acceptors (Lipinski definition) is 2. The summed E-state index contributed by atoms with van der Waals surface area (Å²) < 4.78 is 0. The maximum Gasteiger partial charge on any atom is 0.0221 e. The zero-order valence-corrected chi connectivity index (χ0v) is 10.2. The zero-order chi connectivity index (χ0) is 10.6. The highest BCUT2D eigenvalue weighted by Gasteiger charge is 2.33. The molecule has 0 aromatic heterocycles. The van der Waals surface area contributed by atoms with Crippen molar-refractivity contribution in [1.82, 2.24) is 10.2 Å². The van der Waals surface area contributed by atoms with E-state index in [9.17, 15) is 0 Å². The first-order valence-corrected chi connectivity index (χ1v) is 6.19. The Labute approximate surface area is 89.1 Å². The van der Waals surface area contributed by atoms with E-state index in [4.69, 9.17) is 0 Å². The van der Waals surface area contributed by atoms with Gasteiger partial charge in [0, 0.05) is 18.1 Å². The normalized spacial score (nSPS) is 21.2. The minimum atomic E-state index is 0.618. The standard InChI is InChI=1S/C12H26N2/c1-5-9-14(12-7-8-12)11(4)10(3)13-6-2/h10-13H,5-9H2,1-4H3. The van der Waals surface area contributed by atoms with Gasteiger partial charge in [-0.1, -0.05) is 13.8 Å². The van der Waals surface area contributed by atoms with Crippen molar-refractivity contribution in [2.75, 3.05) is 13.1 Å². The van der Waals surface area contributed by atoms with Crippen molar-refractivity contribution in [3.05, 3.63) is 0 Å². The van der Waals surface area contributed by atoms with Crippen molar-refractivity contribution in [1.29, 1.82) is 0 Å². The Hall–Kier alpha value is -0.0800. The van der Waals surface area contributed by atoms with Crippen LogP contribution in [0.25, 0.3) is 0 Å². The molecule has 0 aromatic rings. The molecule has 1 aliphatic carbocycles. The predicted molar refractivity (Wildman–Crippen MR) is 62.6 cm³/mol. The Morgan fingerprint density at radius 3 is 2.36 bits per heavy atom. The number of nitrogens with zero attached hydrogens (tertiary/aromatic N) is 1. The highest BCUT2D eigenvalue weighted by molar-refractivity contribution is 4.90. The Balaban J connectivity index is 2.40. The molecule has 0 radical (unpaired) electrons. The zero-order valence-electron chi connectivity index (χ0n) is 10.2. The van der Waals surface area contributed by atoms with Gasteiger partial charge in [-0.05, 0) is 46.2 Å². The Kier molecular flexibility index (Phi) is 4.90. The van der Waals surface area contributed by atoms with Gasteiger partial charge < -0.3 is 5.32 Å². The van der Waals surface area contributed by atoms with Crippen LogP contribution >= 0.6 is 0 Å². The van der Waals surface area contributed by atoms with E-state index in [1.807, 2.05) is 0 Å². The van der Waals surface area contributed by atoms with Gasteiger partial charge >= 0.3 is 0 Å². The van der Waals surface area contributed by atoms with Crippen LogP contribution in [0.3, 0.4) is 0 Å². The number of likely N-dealkylation sites (N-methyl/N-ethyl adjacent to an activating group) is 1. The molecule has 1 aliphatic rings. The van der Waals surface area contributed by atoms with E-state index >= 15 is 0 Å². The molecule has 14 heavy (non-hydrogen) atoms. The van der Waals surface area contributed by atoms with Gasteiger partial charge in [0.1, 0.15) is 0 Å². The van der Waals surface area contributed by atoms with E-state index in [0.717, 1.165) is 12.6 Å². The molecule has 2 atom stereocenters. The lowest BCUT2D eigenvalue weighted by atomic mass is 10.1. The molecule has 0 aliphatic heterocycles. The molecular weight excluding hydrogens is 172 g/mol. The fourth-order valence-electron chi connectivity index (χ4n) is 2.16. The molecule has 1 fully saturated rings. The van der Waals surface area contributed by atoms with Crippen molar-refractivity contribution >= 4 is 0 Å². The van der Waals surface area contributed by atoms with Crippen molar-refractivity contribution in [3.8, 4) is 0 Å². The van der Waals surface area contributed by atoms with E-state index in [1.54, 1.807) is 0 Å². The van der Waals surface area contributed by atoms with E-state index < -0.39 is 0 Å². The van der Waals surface area contributed by atoms with Gasteiger partial charge in [0.25, 0.3) is 0 Å². The van der Waals surface area contributed by atoms with Crippen molar-refractivity contribution in [2.24, 2.45) is 0 Å². The first-order chi connectivity index (χ1) is 6.70. The van der Waals surface area contributed by atoms with Gasteiger partial charge in [0.2, 0.25) is 0 Å². The van der Waals surface area contributed by atoms with Gasteiger partial charge in [-0.3, -0.25) is 4.90 Å². The van der Waals surface area contributed by atoms with Crippen LogP contribution in [0.5, 0.6) is 0 Å². The number of hydrogen-bond donors (Lipinski definition) is 1. The monoisotopic (exact) mass is 198 g/mol. The van der Waals surface area contributed by atoms with Gasteiger partial charge in [0.05, 0.1) is 0 Å². The second-order valence-corrected chi connectivity index (χ2v) is 4.56. The molecule has 0 amide bonds. The number of rotatable bonds is 7. The van der Waals surface area contributed by atoms with E-state index in [-0.39, 0.29) is 0 Å². The predicted octanol–water partition coefficient (Wildman–Crippen LogP) is 2.25. The van der Waals surface area contributed by atoms with Crippen LogP contribution in [0.1, 0.15) is 47.0 Å². The second-order valence-electron chi connectivity index (χ2n) is 4.56. The second kappa shape index (κ2) is 5.72. The van der Waals surface area contributed by atoms with Gasteiger partial charge in [-0.2, -0.15) is 0 Å².